The molecule has 1 heterocycles. The average Bonchev–Trinajstić information content (AvgIpc) is 3.17. The van der Waals surface area contributed by atoms with Gasteiger partial charge in [-0.3, -0.25) is 0 Å². The molecule has 2 aromatic rings. The third-order valence-corrected chi connectivity index (χ3v) is 7.04. The van der Waals surface area contributed by atoms with E-state index in [1.165, 1.54) is 23.3 Å². The van der Waals surface area contributed by atoms with Gasteiger partial charge in [-0.1, -0.05) is 31.2 Å². The van der Waals surface area contributed by atoms with E-state index in [2.05, 4.69) is 40.1 Å². The normalized spacial score (nSPS) is 13.1. The smallest absolute Gasteiger partial charge is 0.242 e. The molecule has 0 bridgehead atoms. The molecule has 1 unspecified atom stereocenters. The van der Waals surface area contributed by atoms with Crippen LogP contribution >= 0.6 is 35.3 Å². The van der Waals surface area contributed by atoms with Crippen molar-refractivity contribution in [2.45, 2.75) is 31.7 Å². The number of halogens is 1. The quantitative estimate of drug-likeness (QED) is 0.285. The van der Waals surface area contributed by atoms with Gasteiger partial charge in [0.25, 0.3) is 0 Å². The van der Waals surface area contributed by atoms with Crippen LogP contribution < -0.4 is 10.6 Å². The molecule has 162 valence electrons. The minimum atomic E-state index is -3.50. The maximum Gasteiger partial charge on any atom is 0.242 e. The summed E-state index contributed by atoms with van der Waals surface area (Å²) in [5.41, 5.74) is 0.681. The van der Waals surface area contributed by atoms with Gasteiger partial charge in [-0.05, 0) is 42.3 Å². The van der Waals surface area contributed by atoms with Gasteiger partial charge in [0.15, 0.2) is 5.96 Å². The Morgan fingerprint density at radius 2 is 1.90 bits per heavy atom. The summed E-state index contributed by atoms with van der Waals surface area (Å²) in [5, 5.41) is 8.69. The first-order valence-electron chi connectivity index (χ1n) is 9.39. The zero-order valence-corrected chi connectivity index (χ0v) is 21.3. The Morgan fingerprint density at radius 1 is 1.17 bits per heavy atom. The Balaban J connectivity index is 0.00000420. The second-order valence-electron chi connectivity index (χ2n) is 6.86. The molecule has 0 spiro atoms. The zero-order valence-electron chi connectivity index (χ0n) is 17.4. The maximum absolute atomic E-state index is 12.5. The van der Waals surface area contributed by atoms with Crippen LogP contribution in [0.4, 0.5) is 0 Å². The molecular formula is C20H31IN4O2S2. The molecule has 9 heteroatoms. The molecule has 2 N–H and O–H groups in total. The third kappa shape index (κ3) is 7.88. The number of thiophene rings is 1. The summed E-state index contributed by atoms with van der Waals surface area (Å²) in [6.45, 7) is 6.04. The first-order valence-corrected chi connectivity index (χ1v) is 11.7. The van der Waals surface area contributed by atoms with Crippen molar-refractivity contribution >= 4 is 51.3 Å². The van der Waals surface area contributed by atoms with Gasteiger partial charge in [0.1, 0.15) is 0 Å². The predicted octanol–water partition coefficient (Wildman–Crippen LogP) is 3.55. The van der Waals surface area contributed by atoms with E-state index in [-0.39, 0.29) is 30.5 Å². The molecule has 6 nitrogen and oxygen atoms in total. The predicted molar refractivity (Wildman–Crippen MR) is 133 cm³/mol. The molecule has 2 rings (SSSR count). The van der Waals surface area contributed by atoms with Gasteiger partial charge in [-0.2, -0.15) is 0 Å². The van der Waals surface area contributed by atoms with E-state index in [0.717, 1.165) is 19.5 Å². The minimum Gasteiger partial charge on any atom is -0.357 e. The van der Waals surface area contributed by atoms with Gasteiger partial charge >= 0.3 is 0 Å². The molecule has 1 aromatic heterocycles. The molecule has 0 saturated carbocycles. The molecule has 0 radical (unpaired) electrons. The van der Waals surface area contributed by atoms with Crippen molar-refractivity contribution in [2.75, 3.05) is 27.2 Å². The van der Waals surface area contributed by atoms with Gasteiger partial charge in [0, 0.05) is 32.1 Å². The van der Waals surface area contributed by atoms with Crippen molar-refractivity contribution in [1.29, 1.82) is 0 Å². The first-order chi connectivity index (χ1) is 13.3. The number of hydrogen-bond donors (Lipinski definition) is 2. The lowest BCUT2D eigenvalue weighted by molar-refractivity contribution is 0.519. The summed E-state index contributed by atoms with van der Waals surface area (Å²) in [5.74, 6) is 1.15. The Bertz CT molecular complexity index is 868. The molecule has 0 amide bonds. The first kappa shape index (κ1) is 25.9. The van der Waals surface area contributed by atoms with Crippen molar-refractivity contribution in [3.63, 3.8) is 0 Å². The van der Waals surface area contributed by atoms with Crippen LogP contribution in [0.1, 0.15) is 24.3 Å². The molecule has 0 aliphatic rings. The van der Waals surface area contributed by atoms with Crippen LogP contribution in [0.3, 0.4) is 0 Å². The number of aliphatic imine (C=N–C) groups is 1. The highest BCUT2D eigenvalue weighted by molar-refractivity contribution is 14.0. The third-order valence-electron chi connectivity index (χ3n) is 4.23. The second-order valence-corrected chi connectivity index (χ2v) is 10.0. The summed E-state index contributed by atoms with van der Waals surface area (Å²) in [7, 11) is -0.423. The van der Waals surface area contributed by atoms with Crippen molar-refractivity contribution in [3.05, 3.63) is 52.2 Å². The molecule has 0 aliphatic heterocycles. The van der Waals surface area contributed by atoms with Crippen LogP contribution in [0.2, 0.25) is 0 Å². The Hall–Kier alpha value is -1.17. The molecule has 0 saturated heterocycles. The minimum absolute atomic E-state index is 0. The summed E-state index contributed by atoms with van der Waals surface area (Å²) < 4.78 is 26.3. The fourth-order valence-corrected chi connectivity index (χ4v) is 4.68. The van der Waals surface area contributed by atoms with E-state index in [1.807, 2.05) is 19.1 Å². The highest BCUT2D eigenvalue weighted by atomic mass is 127. The fourth-order valence-electron chi connectivity index (χ4n) is 2.70. The van der Waals surface area contributed by atoms with E-state index in [0.29, 0.717) is 22.3 Å². The van der Waals surface area contributed by atoms with Gasteiger partial charge < -0.3 is 10.6 Å². The van der Waals surface area contributed by atoms with E-state index in [9.17, 15) is 8.42 Å². The van der Waals surface area contributed by atoms with Crippen LogP contribution in [0.25, 0.3) is 0 Å². The van der Waals surface area contributed by atoms with Crippen molar-refractivity contribution in [1.82, 2.24) is 14.9 Å². The summed E-state index contributed by atoms with van der Waals surface area (Å²) in [6.07, 6.45) is 1.02. The number of nitrogens with one attached hydrogen (secondary N) is 2. The molecule has 1 aromatic carbocycles. The number of rotatable bonds is 9. The number of guanidine groups is 1. The highest BCUT2D eigenvalue weighted by Crippen LogP contribution is 2.19. The summed E-state index contributed by atoms with van der Waals surface area (Å²) >= 11 is 1.77. The average molecular weight is 551 g/mol. The van der Waals surface area contributed by atoms with Gasteiger partial charge in [-0.25, -0.2) is 17.7 Å². The maximum atomic E-state index is 12.5. The fraction of sp³-hybridized carbons (Fsp3) is 0.450. The van der Waals surface area contributed by atoms with E-state index in [1.54, 1.807) is 23.5 Å². The van der Waals surface area contributed by atoms with Crippen LogP contribution in [-0.4, -0.2) is 45.9 Å². The molecule has 29 heavy (non-hydrogen) atoms. The van der Waals surface area contributed by atoms with E-state index in [4.69, 9.17) is 0 Å². The lowest BCUT2D eigenvalue weighted by atomic mass is 10.1. The molecule has 1 atom stereocenters. The molecule has 0 aliphatic carbocycles. The van der Waals surface area contributed by atoms with Crippen LogP contribution in [0.15, 0.2) is 51.7 Å². The lowest BCUT2D eigenvalue weighted by Gasteiger charge is -2.17. The summed E-state index contributed by atoms with van der Waals surface area (Å²) in [4.78, 5) is 6.27. The largest absolute Gasteiger partial charge is 0.357 e. The Labute approximate surface area is 195 Å². The van der Waals surface area contributed by atoms with Crippen molar-refractivity contribution in [3.8, 4) is 0 Å². The van der Waals surface area contributed by atoms with E-state index >= 15 is 0 Å². The van der Waals surface area contributed by atoms with Crippen LogP contribution in [-0.2, 0) is 23.0 Å². The number of sulfonamides is 1. The number of nitrogens with zero attached hydrogens (tertiary/aromatic N) is 2. The standard InChI is InChI=1S/C20H30N4O2S2.HI/c1-5-21-20(22-14-16(2)13-18-10-8-12-27-18)23-15-17-9-6-7-11-19(17)28(25,26)24(3)4;/h6-12,16H,5,13-15H2,1-4H3,(H2,21,22,23);1H. The number of hydrogen-bond acceptors (Lipinski definition) is 4. The van der Waals surface area contributed by atoms with Crippen LogP contribution in [0, 0.1) is 5.92 Å². The Morgan fingerprint density at radius 3 is 2.52 bits per heavy atom. The topological polar surface area (TPSA) is 73.8 Å². The van der Waals surface area contributed by atoms with Crippen LogP contribution in [0.5, 0.6) is 0 Å². The van der Waals surface area contributed by atoms with E-state index < -0.39 is 10.0 Å². The second kappa shape index (κ2) is 12.5. The van der Waals surface area contributed by atoms with Gasteiger partial charge in [-0.15, -0.1) is 35.3 Å². The lowest BCUT2D eigenvalue weighted by Crippen LogP contribution is -2.39. The SMILES string of the molecule is CCNC(=NCc1ccccc1S(=O)(=O)N(C)C)NCC(C)Cc1cccs1.I. The molecule has 0 fully saturated rings. The van der Waals surface area contributed by atoms with Gasteiger partial charge in [0.05, 0.1) is 11.4 Å². The Kier molecular flexibility index (Phi) is 11.2. The monoisotopic (exact) mass is 550 g/mol. The zero-order chi connectivity index (χ0) is 20.6. The highest BCUT2D eigenvalue weighted by Gasteiger charge is 2.20. The summed E-state index contributed by atoms with van der Waals surface area (Å²) in [6, 6.07) is 11.2. The van der Waals surface area contributed by atoms with Gasteiger partial charge in [0.2, 0.25) is 10.0 Å². The molecular weight excluding hydrogens is 519 g/mol. The van der Waals surface area contributed by atoms with Crippen molar-refractivity contribution in [2.24, 2.45) is 10.9 Å². The van der Waals surface area contributed by atoms with Crippen molar-refractivity contribution < 1.29 is 8.42 Å². The number of benzene rings is 1.